The van der Waals surface area contributed by atoms with Gasteiger partial charge in [0.2, 0.25) is 0 Å². The summed E-state index contributed by atoms with van der Waals surface area (Å²) >= 11 is 0. The maximum Gasteiger partial charge on any atom is 0.332 e. The summed E-state index contributed by atoms with van der Waals surface area (Å²) < 4.78 is 4.49. The molecule has 0 radical (unpaired) electrons. The summed E-state index contributed by atoms with van der Waals surface area (Å²) in [7, 11) is 4.95. The van der Waals surface area contributed by atoms with Gasteiger partial charge in [-0.25, -0.2) is 9.78 Å². The highest BCUT2D eigenvalue weighted by Crippen LogP contribution is 2.17. The Morgan fingerprint density at radius 2 is 1.84 bits per heavy atom. The molecule has 0 aliphatic heterocycles. The van der Waals surface area contributed by atoms with Crippen molar-refractivity contribution < 1.29 is 0 Å². The summed E-state index contributed by atoms with van der Waals surface area (Å²) in [6.45, 7) is 4.55. The first kappa shape index (κ1) is 13.5. The molecule has 0 fully saturated rings. The molecule has 7 nitrogen and oxygen atoms in total. The van der Waals surface area contributed by atoms with Crippen LogP contribution in [-0.2, 0) is 20.6 Å². The second-order valence-electron chi connectivity index (χ2n) is 4.90. The molecular weight excluding hydrogens is 246 g/mol. The average Bonchev–Trinajstić information content (AvgIpc) is 2.74. The molecule has 104 valence electrons. The van der Waals surface area contributed by atoms with Gasteiger partial charge in [0, 0.05) is 20.1 Å². The maximum atomic E-state index is 12.1. The Morgan fingerprint density at radius 3 is 2.37 bits per heavy atom. The van der Waals surface area contributed by atoms with Gasteiger partial charge in [-0.2, -0.15) is 0 Å². The largest absolute Gasteiger partial charge is 0.332 e. The maximum absolute atomic E-state index is 12.1. The molecular formula is C12H19N5O2. The van der Waals surface area contributed by atoms with E-state index in [4.69, 9.17) is 0 Å². The van der Waals surface area contributed by atoms with Crippen molar-refractivity contribution in [2.45, 2.75) is 26.4 Å². The van der Waals surface area contributed by atoms with E-state index in [1.807, 2.05) is 25.5 Å². The van der Waals surface area contributed by atoms with Gasteiger partial charge in [0.25, 0.3) is 5.56 Å². The van der Waals surface area contributed by atoms with Crippen LogP contribution in [0.5, 0.6) is 0 Å². The first-order chi connectivity index (χ1) is 8.90. The van der Waals surface area contributed by atoms with Gasteiger partial charge in [-0.3, -0.25) is 13.9 Å². The summed E-state index contributed by atoms with van der Waals surface area (Å²) in [5.41, 5.74) is 0.224. The third-order valence-corrected chi connectivity index (χ3v) is 3.21. The number of nitrogens with one attached hydrogen (secondary N) is 1. The van der Waals surface area contributed by atoms with E-state index in [1.165, 1.54) is 11.6 Å². The van der Waals surface area contributed by atoms with Gasteiger partial charge in [0.15, 0.2) is 5.52 Å². The van der Waals surface area contributed by atoms with Crippen LogP contribution >= 0.6 is 0 Å². The fourth-order valence-electron chi connectivity index (χ4n) is 2.32. The predicted octanol–water partition coefficient (Wildman–Crippen LogP) is -0.266. The molecule has 0 spiro atoms. The van der Waals surface area contributed by atoms with E-state index in [0.717, 1.165) is 10.4 Å². The van der Waals surface area contributed by atoms with Gasteiger partial charge in [-0.05, 0) is 20.9 Å². The Kier molecular flexibility index (Phi) is 3.32. The molecule has 0 saturated heterocycles. The molecule has 0 unspecified atom stereocenters. The second kappa shape index (κ2) is 4.65. The van der Waals surface area contributed by atoms with E-state index in [1.54, 1.807) is 7.05 Å². The van der Waals surface area contributed by atoms with Crippen LogP contribution in [0.1, 0.15) is 25.7 Å². The number of nitrogens with zero attached hydrogens (tertiary/aromatic N) is 4. The van der Waals surface area contributed by atoms with Crippen LogP contribution in [0, 0.1) is 0 Å². The first-order valence-corrected chi connectivity index (χ1v) is 6.21. The Labute approximate surface area is 110 Å². The number of aryl methyl sites for hydroxylation is 1. The lowest BCUT2D eigenvalue weighted by Crippen LogP contribution is -2.37. The van der Waals surface area contributed by atoms with Crippen LogP contribution in [0.25, 0.3) is 11.2 Å². The molecule has 7 heteroatoms. The lowest BCUT2D eigenvalue weighted by atomic mass is 10.3. The smallest absolute Gasteiger partial charge is 0.313 e. The highest BCUT2D eigenvalue weighted by molar-refractivity contribution is 5.71. The topological polar surface area (TPSA) is 73.8 Å². The third-order valence-electron chi connectivity index (χ3n) is 3.21. The van der Waals surface area contributed by atoms with Crippen molar-refractivity contribution in [3.8, 4) is 0 Å². The number of aromatic nitrogens is 4. The minimum atomic E-state index is -0.352. The third kappa shape index (κ3) is 1.90. The fraction of sp³-hybridized carbons (Fsp3) is 0.583. The van der Waals surface area contributed by atoms with E-state index in [2.05, 4.69) is 10.3 Å². The number of imidazole rings is 1. The van der Waals surface area contributed by atoms with Crippen LogP contribution in [-0.4, -0.2) is 25.7 Å². The summed E-state index contributed by atoms with van der Waals surface area (Å²) in [4.78, 5) is 28.6. The molecule has 2 rings (SSSR count). The van der Waals surface area contributed by atoms with Crippen molar-refractivity contribution in [3.63, 3.8) is 0 Å². The Balaban J connectivity index is 3.01. The highest BCUT2D eigenvalue weighted by Gasteiger charge is 2.19. The van der Waals surface area contributed by atoms with Crippen LogP contribution < -0.4 is 16.6 Å². The lowest BCUT2D eigenvalue weighted by Gasteiger charge is -2.14. The van der Waals surface area contributed by atoms with Crippen molar-refractivity contribution in [2.75, 3.05) is 7.05 Å². The van der Waals surface area contributed by atoms with E-state index >= 15 is 0 Å². The average molecular weight is 265 g/mol. The zero-order valence-corrected chi connectivity index (χ0v) is 11.9. The van der Waals surface area contributed by atoms with Crippen molar-refractivity contribution in [1.29, 1.82) is 0 Å². The van der Waals surface area contributed by atoms with E-state index in [9.17, 15) is 9.59 Å². The Morgan fingerprint density at radius 1 is 1.21 bits per heavy atom. The predicted molar refractivity (Wildman–Crippen MR) is 73.4 cm³/mol. The van der Waals surface area contributed by atoms with Crippen LogP contribution in [0.15, 0.2) is 9.59 Å². The van der Waals surface area contributed by atoms with Gasteiger partial charge < -0.3 is 9.88 Å². The van der Waals surface area contributed by atoms with Gasteiger partial charge in [-0.15, -0.1) is 0 Å². The van der Waals surface area contributed by atoms with Gasteiger partial charge in [-0.1, -0.05) is 0 Å². The molecule has 2 aromatic rings. The molecule has 19 heavy (non-hydrogen) atoms. The summed E-state index contributed by atoms with van der Waals surface area (Å²) in [5, 5.41) is 3.03. The molecule has 1 N–H and O–H groups in total. The second-order valence-corrected chi connectivity index (χ2v) is 4.90. The molecule has 2 heterocycles. The lowest BCUT2D eigenvalue weighted by molar-refractivity contribution is 0.555. The van der Waals surface area contributed by atoms with E-state index in [0.29, 0.717) is 17.7 Å². The van der Waals surface area contributed by atoms with Crippen molar-refractivity contribution in [3.05, 3.63) is 26.7 Å². The zero-order valence-electron chi connectivity index (χ0n) is 11.9. The van der Waals surface area contributed by atoms with Crippen LogP contribution in [0.4, 0.5) is 0 Å². The monoisotopic (exact) mass is 265 g/mol. The molecule has 0 aliphatic rings. The van der Waals surface area contributed by atoms with Crippen LogP contribution in [0.3, 0.4) is 0 Å². The first-order valence-electron chi connectivity index (χ1n) is 6.21. The summed E-state index contributed by atoms with van der Waals surface area (Å²) in [6, 6.07) is 0.117. The van der Waals surface area contributed by atoms with Crippen molar-refractivity contribution in [2.24, 2.45) is 14.1 Å². The summed E-state index contributed by atoms with van der Waals surface area (Å²) in [5.74, 6) is 0.755. The van der Waals surface area contributed by atoms with Gasteiger partial charge in [0.1, 0.15) is 11.5 Å². The number of fused-ring (bicyclic) bond motifs is 1. The standard InChI is InChI=1S/C12H19N5O2/c1-7(2)17-8(6-13-3)14-9-10(17)15(4)12(19)16(5)11(9)18/h7,13H,6H2,1-5H3. The van der Waals surface area contributed by atoms with Crippen LogP contribution in [0.2, 0.25) is 0 Å². The molecule has 0 bridgehead atoms. The highest BCUT2D eigenvalue weighted by atomic mass is 16.2. The zero-order chi connectivity index (χ0) is 14.3. The van der Waals surface area contributed by atoms with E-state index in [-0.39, 0.29) is 17.3 Å². The fourth-order valence-corrected chi connectivity index (χ4v) is 2.32. The molecule has 0 aromatic carbocycles. The molecule has 0 aliphatic carbocycles. The van der Waals surface area contributed by atoms with Gasteiger partial charge >= 0.3 is 5.69 Å². The Bertz CT molecular complexity index is 735. The van der Waals surface area contributed by atoms with Crippen molar-refractivity contribution in [1.82, 2.24) is 24.0 Å². The number of hydrogen-bond donors (Lipinski definition) is 1. The number of rotatable bonds is 3. The minimum Gasteiger partial charge on any atom is -0.313 e. The number of hydrogen-bond acceptors (Lipinski definition) is 4. The Hall–Kier alpha value is -1.89. The quantitative estimate of drug-likeness (QED) is 0.829. The molecule has 0 saturated carbocycles. The summed E-state index contributed by atoms with van der Waals surface area (Å²) in [6.07, 6.45) is 0. The molecule has 0 atom stereocenters. The van der Waals surface area contributed by atoms with E-state index < -0.39 is 0 Å². The normalized spacial score (nSPS) is 11.7. The van der Waals surface area contributed by atoms with Gasteiger partial charge in [0.05, 0.1) is 6.54 Å². The molecule has 2 aromatic heterocycles. The molecule has 0 amide bonds. The minimum absolute atomic E-state index is 0.117. The van der Waals surface area contributed by atoms with Crippen molar-refractivity contribution >= 4 is 11.2 Å². The SMILES string of the molecule is CNCc1nc2c(=O)n(C)c(=O)n(C)c2n1C(C)C.